The van der Waals surface area contributed by atoms with Gasteiger partial charge in [-0.15, -0.1) is 0 Å². The SMILES string of the molecule is O=C(NCCCCN1CC(O)(O)Sc2cc(C3=CC=C[IH]3)sc2C1=O)OCC1c2ccccc2-c2ccccc21. The first kappa shape index (κ1) is 27.5. The third-order valence-electron chi connectivity index (χ3n) is 7.08. The molecule has 0 unspecified atom stereocenters. The molecule has 3 aliphatic rings. The summed E-state index contributed by atoms with van der Waals surface area (Å²) in [6, 6.07) is 18.3. The molecule has 2 aliphatic heterocycles. The molecule has 1 aromatic heterocycles. The fourth-order valence-electron chi connectivity index (χ4n) is 5.26. The fraction of sp³-hybridized carbons (Fsp3) is 0.267. The third-order valence-corrected chi connectivity index (χ3v) is 12.3. The second kappa shape index (κ2) is 11.7. The Balaban J connectivity index is 0.991. The summed E-state index contributed by atoms with van der Waals surface area (Å²) in [5.74, 6) is -0.172. The van der Waals surface area contributed by atoms with Crippen molar-refractivity contribution >= 4 is 59.9 Å². The number of rotatable bonds is 8. The first-order valence-electron chi connectivity index (χ1n) is 13.1. The number of β-amino-alcohol motifs (C(OH)–C–C–N with tert-alkyl or cyclic N) is 2. The van der Waals surface area contributed by atoms with Gasteiger partial charge >= 0.3 is 160 Å². The van der Waals surface area contributed by atoms with Gasteiger partial charge in [-0.1, -0.05) is 48.5 Å². The molecule has 10 heteroatoms. The van der Waals surface area contributed by atoms with Crippen LogP contribution in [-0.4, -0.2) is 58.5 Å². The van der Waals surface area contributed by atoms with Crippen molar-refractivity contribution < 1.29 is 24.5 Å². The summed E-state index contributed by atoms with van der Waals surface area (Å²) < 4.78 is 9.03. The number of thioether (sulfide) groups is 1. The molecule has 3 N–H and O–H groups in total. The van der Waals surface area contributed by atoms with Gasteiger partial charge in [0.15, 0.2) is 0 Å². The Morgan fingerprint density at radius 1 is 1.10 bits per heavy atom. The van der Waals surface area contributed by atoms with E-state index >= 15 is 0 Å². The van der Waals surface area contributed by atoms with Crippen molar-refractivity contribution in [3.05, 3.63) is 91.7 Å². The molecule has 208 valence electrons. The van der Waals surface area contributed by atoms with E-state index in [1.165, 1.54) is 42.1 Å². The zero-order chi connectivity index (χ0) is 27.7. The van der Waals surface area contributed by atoms with Gasteiger partial charge in [-0.25, -0.2) is 4.79 Å². The zero-order valence-electron chi connectivity index (χ0n) is 21.5. The Morgan fingerprint density at radius 3 is 2.52 bits per heavy atom. The minimum absolute atomic E-state index is 0.00775. The number of carbonyl (C=O) groups excluding carboxylic acids is 2. The molecule has 0 atom stereocenters. The van der Waals surface area contributed by atoms with Crippen molar-refractivity contribution in [1.29, 1.82) is 0 Å². The van der Waals surface area contributed by atoms with Crippen molar-refractivity contribution in [2.24, 2.45) is 0 Å². The monoisotopic (exact) mass is 688 g/mol. The maximum Gasteiger partial charge on any atom is 0.104 e. The number of aliphatic hydroxyl groups is 2. The molecular weight excluding hydrogens is 659 g/mol. The molecule has 3 aromatic rings. The minimum atomic E-state index is -2.06. The number of carbonyl (C=O) groups is 2. The van der Waals surface area contributed by atoms with E-state index in [0.717, 1.165) is 16.6 Å². The normalized spacial score (nSPS) is 17.4. The molecule has 0 fully saturated rings. The number of hydrogen-bond donors (Lipinski definition) is 3. The topological polar surface area (TPSA) is 99.1 Å². The first-order chi connectivity index (χ1) is 19.4. The van der Waals surface area contributed by atoms with E-state index in [-0.39, 0.29) is 25.0 Å². The Kier molecular flexibility index (Phi) is 8.04. The number of nitrogens with zero attached hydrogens (tertiary/aromatic N) is 1. The van der Waals surface area contributed by atoms with Gasteiger partial charge in [0.2, 0.25) is 0 Å². The van der Waals surface area contributed by atoms with Gasteiger partial charge < -0.3 is 4.74 Å². The van der Waals surface area contributed by atoms with Crippen LogP contribution in [0.15, 0.2) is 75.7 Å². The smallest absolute Gasteiger partial charge is 0.104 e. The van der Waals surface area contributed by atoms with Crippen LogP contribution < -0.4 is 5.32 Å². The van der Waals surface area contributed by atoms with Gasteiger partial charge in [0.05, 0.1) is 0 Å². The quantitative estimate of drug-likeness (QED) is 0.157. The van der Waals surface area contributed by atoms with Gasteiger partial charge in [0.1, 0.15) is 6.61 Å². The van der Waals surface area contributed by atoms with E-state index in [1.807, 2.05) is 36.4 Å². The van der Waals surface area contributed by atoms with Crippen LogP contribution in [0.5, 0.6) is 0 Å². The summed E-state index contributed by atoms with van der Waals surface area (Å²) in [5, 5.41) is 21.8. The predicted octanol–water partition coefficient (Wildman–Crippen LogP) is 5.82. The largest absolute Gasteiger partial charge is 0.449 e. The van der Waals surface area contributed by atoms with Crippen LogP contribution in [0.3, 0.4) is 0 Å². The Labute approximate surface area is 251 Å². The maximum atomic E-state index is 13.3. The Hall–Kier alpha value is -2.64. The van der Waals surface area contributed by atoms with Crippen LogP contribution in [-0.2, 0) is 4.74 Å². The Bertz CT molecular complexity index is 1470. The van der Waals surface area contributed by atoms with Gasteiger partial charge in [0.25, 0.3) is 0 Å². The Morgan fingerprint density at radius 2 is 1.82 bits per heavy atom. The molecule has 0 radical (unpaired) electrons. The van der Waals surface area contributed by atoms with Crippen LogP contribution in [0.2, 0.25) is 0 Å². The summed E-state index contributed by atoms with van der Waals surface area (Å²) >= 11 is 1.96. The second-order valence-corrected chi connectivity index (χ2v) is 14.9. The summed E-state index contributed by atoms with van der Waals surface area (Å²) in [6.07, 6.45) is 4.88. The number of fused-ring (bicyclic) bond motifs is 4. The summed E-state index contributed by atoms with van der Waals surface area (Å²) in [7, 11) is 0. The number of alkyl carbamates (subject to hydrolysis) is 1. The molecule has 1 aliphatic carbocycles. The molecule has 6 rings (SSSR count). The van der Waals surface area contributed by atoms with E-state index in [9.17, 15) is 19.8 Å². The number of ether oxygens (including phenoxy) is 1. The molecule has 3 heterocycles. The number of unbranched alkanes of at least 4 members (excludes halogenated alkanes) is 1. The fourth-order valence-corrected chi connectivity index (χ4v) is 9.95. The van der Waals surface area contributed by atoms with Crippen LogP contribution in [0.1, 0.15) is 44.4 Å². The van der Waals surface area contributed by atoms with Crippen LogP contribution >= 0.6 is 44.3 Å². The summed E-state index contributed by atoms with van der Waals surface area (Å²) in [5.41, 5.74) is 4.70. The van der Waals surface area contributed by atoms with Crippen LogP contribution in [0.25, 0.3) is 14.7 Å². The number of hydrogen-bond acceptors (Lipinski definition) is 7. The summed E-state index contributed by atoms with van der Waals surface area (Å²) in [6.45, 7) is 0.845. The number of halogens is 1. The van der Waals surface area contributed by atoms with E-state index in [0.29, 0.717) is 35.7 Å². The number of thiophene rings is 1. The number of allylic oxidation sites excluding steroid dienone is 2. The van der Waals surface area contributed by atoms with E-state index < -0.39 is 32.4 Å². The number of amides is 2. The zero-order valence-corrected chi connectivity index (χ0v) is 25.5. The minimum Gasteiger partial charge on any atom is -0.449 e. The van der Waals surface area contributed by atoms with E-state index in [2.05, 4.69) is 39.7 Å². The number of nitrogens with one attached hydrogen (secondary N) is 1. The van der Waals surface area contributed by atoms with Crippen molar-refractivity contribution in [3.63, 3.8) is 0 Å². The molecule has 7 nitrogen and oxygen atoms in total. The molecule has 0 saturated heterocycles. The van der Waals surface area contributed by atoms with E-state index in [4.69, 9.17) is 4.74 Å². The van der Waals surface area contributed by atoms with Crippen molar-refractivity contribution in [2.45, 2.75) is 28.8 Å². The molecule has 0 saturated carbocycles. The van der Waals surface area contributed by atoms with Gasteiger partial charge in [0, 0.05) is 5.92 Å². The maximum absolute atomic E-state index is 13.3. The van der Waals surface area contributed by atoms with Crippen LogP contribution in [0.4, 0.5) is 4.79 Å². The second-order valence-electron chi connectivity index (χ2n) is 9.81. The first-order valence-corrected chi connectivity index (χ1v) is 17.2. The van der Waals surface area contributed by atoms with Crippen molar-refractivity contribution in [3.8, 4) is 11.1 Å². The third kappa shape index (κ3) is 5.73. The standard InChI is InChI=1S/C30H29IN2O5S2/c34-28-27-26(16-25(39-27)24-12-7-13-31-24)40-30(36,37)18-33(28)15-6-5-14-32-29(35)38-17-23-21-10-3-1-8-19(21)20-9-2-4-11-22(20)23/h1-4,7-13,16,23,31,36-37H,5-6,14-15,17-18H2,(H,32,35). The summed E-state index contributed by atoms with van der Waals surface area (Å²) in [4.78, 5) is 29.5. The molecule has 0 spiro atoms. The van der Waals surface area contributed by atoms with Gasteiger partial charge in [-0.2, -0.15) is 0 Å². The molecule has 2 amide bonds. The van der Waals surface area contributed by atoms with Crippen molar-refractivity contribution in [1.82, 2.24) is 10.2 Å². The average molecular weight is 689 g/mol. The molecule has 40 heavy (non-hydrogen) atoms. The predicted molar refractivity (Wildman–Crippen MR) is 168 cm³/mol. The molecular formula is C30H29IN2O5S2. The van der Waals surface area contributed by atoms with Gasteiger partial charge in [-0.3, -0.25) is 0 Å². The molecule has 2 aromatic carbocycles. The molecule has 0 bridgehead atoms. The van der Waals surface area contributed by atoms with Crippen LogP contribution in [0, 0.1) is 0 Å². The van der Waals surface area contributed by atoms with Gasteiger partial charge in [-0.05, 0) is 22.3 Å². The average Bonchev–Trinajstić information content (AvgIpc) is 3.67. The van der Waals surface area contributed by atoms with E-state index in [1.54, 1.807) is 0 Å². The number of benzene rings is 2. The van der Waals surface area contributed by atoms with Crippen molar-refractivity contribution in [2.75, 3.05) is 26.2 Å².